The van der Waals surface area contributed by atoms with Crippen LogP contribution in [0.15, 0.2) is 6.33 Å². The van der Waals surface area contributed by atoms with E-state index in [-0.39, 0.29) is 0 Å². The zero-order chi connectivity index (χ0) is 11.6. The van der Waals surface area contributed by atoms with Crippen molar-refractivity contribution in [1.29, 1.82) is 0 Å². The van der Waals surface area contributed by atoms with E-state index in [0.29, 0.717) is 11.0 Å². The van der Waals surface area contributed by atoms with Crippen LogP contribution in [0.5, 0.6) is 0 Å². The third kappa shape index (κ3) is 2.42. The van der Waals surface area contributed by atoms with Crippen molar-refractivity contribution >= 4 is 11.9 Å². The molecule has 15 heavy (non-hydrogen) atoms. The molecule has 0 saturated carbocycles. The first-order chi connectivity index (χ1) is 6.83. The smallest absolute Gasteiger partial charge is 0.477 e. The summed E-state index contributed by atoms with van der Waals surface area (Å²) in [6.45, 7) is -1.30. The van der Waals surface area contributed by atoms with Crippen LogP contribution in [0.3, 0.4) is 0 Å². The van der Waals surface area contributed by atoms with Gasteiger partial charge in [-0.3, -0.25) is 0 Å². The van der Waals surface area contributed by atoms with E-state index in [1.165, 1.54) is 0 Å². The van der Waals surface area contributed by atoms with Crippen molar-refractivity contribution in [2.75, 3.05) is 0 Å². The molecule has 0 aliphatic carbocycles. The second-order valence-corrected chi connectivity index (χ2v) is 2.51. The molecule has 0 radical (unpaired) electrons. The van der Waals surface area contributed by atoms with Gasteiger partial charge in [0.1, 0.15) is 6.54 Å². The largest absolute Gasteiger partial charge is 0.490 e. The quantitative estimate of drug-likeness (QED) is 0.562. The lowest BCUT2D eigenvalue weighted by molar-refractivity contribution is -0.394. The molecule has 0 aromatic carbocycles. The molecule has 1 heterocycles. The maximum absolute atomic E-state index is 12.6. The lowest BCUT2D eigenvalue weighted by Gasteiger charge is -2.07. The zero-order valence-corrected chi connectivity index (χ0v) is 7.00. The molecule has 1 aromatic heterocycles. The van der Waals surface area contributed by atoms with Crippen molar-refractivity contribution < 1.29 is 23.6 Å². The molecule has 0 amide bonds. The van der Waals surface area contributed by atoms with Crippen molar-refractivity contribution in [3.05, 3.63) is 16.4 Å². The first-order valence-electron chi connectivity index (χ1n) is 3.48. The summed E-state index contributed by atoms with van der Waals surface area (Å²) in [6.07, 6.45) is 0.662. The van der Waals surface area contributed by atoms with Crippen molar-refractivity contribution in [1.82, 2.24) is 14.8 Å². The van der Waals surface area contributed by atoms with Crippen LogP contribution in [-0.2, 0) is 11.3 Å². The fraction of sp³-hybridized carbons (Fsp3) is 0.400. The molecule has 1 aromatic rings. The second-order valence-electron chi connectivity index (χ2n) is 2.51. The van der Waals surface area contributed by atoms with Crippen LogP contribution in [0.1, 0.15) is 0 Å². The normalized spacial score (nSPS) is 11.3. The van der Waals surface area contributed by atoms with E-state index in [1.807, 2.05) is 0 Å². The molecule has 0 aliphatic heterocycles. The third-order valence-corrected chi connectivity index (χ3v) is 1.36. The van der Waals surface area contributed by atoms with Gasteiger partial charge in [-0.15, -0.1) is 0 Å². The Morgan fingerprint density at radius 2 is 2.33 bits per heavy atom. The second kappa shape index (κ2) is 3.55. The van der Waals surface area contributed by atoms with Crippen molar-refractivity contribution in [3.8, 4) is 0 Å². The summed E-state index contributed by atoms with van der Waals surface area (Å²) in [5.74, 6) is -7.24. The number of hydrogen-bond acceptors (Lipinski definition) is 5. The highest BCUT2D eigenvalue weighted by atomic mass is 19.3. The minimum atomic E-state index is -4.04. The number of aromatic nitrogens is 3. The first-order valence-corrected chi connectivity index (χ1v) is 3.48. The lowest BCUT2D eigenvalue weighted by Crippen LogP contribution is -2.33. The average molecular weight is 222 g/mol. The molecular formula is C5H4F2N4O4. The minimum absolute atomic E-state index is 0.395. The minimum Gasteiger partial charge on any atom is -0.477 e. The van der Waals surface area contributed by atoms with Gasteiger partial charge in [0, 0.05) is 5.10 Å². The van der Waals surface area contributed by atoms with Crippen molar-refractivity contribution in [3.63, 3.8) is 0 Å². The molecule has 1 N–H and O–H groups in total. The number of nitrogens with zero attached hydrogens (tertiary/aromatic N) is 4. The molecule has 0 fully saturated rings. The van der Waals surface area contributed by atoms with E-state index in [0.717, 1.165) is 0 Å². The maximum Gasteiger partial charge on any atom is 0.490 e. The number of aliphatic carboxylic acids is 1. The molecule has 82 valence electrons. The number of nitro groups is 1. The van der Waals surface area contributed by atoms with E-state index < -0.39 is 29.3 Å². The van der Waals surface area contributed by atoms with E-state index in [1.54, 1.807) is 0 Å². The van der Waals surface area contributed by atoms with Gasteiger partial charge in [0.25, 0.3) is 0 Å². The van der Waals surface area contributed by atoms with Gasteiger partial charge in [0.2, 0.25) is 6.33 Å². The van der Waals surface area contributed by atoms with Gasteiger partial charge in [-0.05, 0) is 4.92 Å². The summed E-state index contributed by atoms with van der Waals surface area (Å²) in [7, 11) is 0. The third-order valence-electron chi connectivity index (χ3n) is 1.36. The molecule has 0 spiro atoms. The standard InChI is InChI=1S/C5H4F2N4O4/c6-5(7,3(12)13)1-10-2-8-4(9-10)11(14)15/h2H,1H2,(H,12,13). The zero-order valence-electron chi connectivity index (χ0n) is 7.00. The number of alkyl halides is 2. The van der Waals surface area contributed by atoms with E-state index in [2.05, 4.69) is 10.1 Å². The van der Waals surface area contributed by atoms with Crippen LogP contribution in [0.4, 0.5) is 14.7 Å². The number of halogens is 2. The van der Waals surface area contributed by atoms with Gasteiger partial charge in [-0.1, -0.05) is 4.98 Å². The molecule has 0 bridgehead atoms. The fourth-order valence-corrected chi connectivity index (χ4v) is 0.716. The Labute approximate surface area is 80.3 Å². The SMILES string of the molecule is O=C(O)C(F)(F)Cn1cnc([N+](=O)[O-])n1. The highest BCUT2D eigenvalue weighted by molar-refractivity contribution is 5.75. The predicted molar refractivity (Wildman–Crippen MR) is 39.3 cm³/mol. The number of hydrogen-bond donors (Lipinski definition) is 1. The van der Waals surface area contributed by atoms with Gasteiger partial charge < -0.3 is 15.2 Å². The summed E-state index contributed by atoms with van der Waals surface area (Å²) in [5, 5.41) is 21.2. The Morgan fingerprint density at radius 1 is 1.73 bits per heavy atom. The Bertz CT molecular complexity index is 403. The summed E-state index contributed by atoms with van der Waals surface area (Å²) in [6, 6.07) is 0. The molecule has 8 nitrogen and oxygen atoms in total. The van der Waals surface area contributed by atoms with Crippen LogP contribution >= 0.6 is 0 Å². The highest BCUT2D eigenvalue weighted by Gasteiger charge is 2.40. The van der Waals surface area contributed by atoms with Crippen LogP contribution in [0.25, 0.3) is 0 Å². The average Bonchev–Trinajstić information content (AvgIpc) is 2.51. The van der Waals surface area contributed by atoms with Gasteiger partial charge >= 0.3 is 17.8 Å². The van der Waals surface area contributed by atoms with E-state index in [4.69, 9.17) is 5.11 Å². The number of rotatable bonds is 4. The Kier molecular flexibility index (Phi) is 2.59. The molecule has 0 atom stereocenters. The summed E-state index contributed by atoms with van der Waals surface area (Å²) >= 11 is 0. The van der Waals surface area contributed by atoms with Gasteiger partial charge in [0.15, 0.2) is 0 Å². The predicted octanol–water partition coefficient (Wildman–Crippen LogP) is -0.0938. The van der Waals surface area contributed by atoms with Crippen molar-refractivity contribution in [2.45, 2.75) is 12.5 Å². The topological polar surface area (TPSA) is 111 Å². The molecule has 0 saturated heterocycles. The monoisotopic (exact) mass is 222 g/mol. The highest BCUT2D eigenvalue weighted by Crippen LogP contribution is 2.16. The van der Waals surface area contributed by atoms with E-state index >= 15 is 0 Å². The lowest BCUT2D eigenvalue weighted by atomic mass is 10.3. The fourth-order valence-electron chi connectivity index (χ4n) is 0.716. The molecule has 10 heteroatoms. The summed E-state index contributed by atoms with van der Waals surface area (Å²) in [4.78, 5) is 22.2. The van der Waals surface area contributed by atoms with E-state index in [9.17, 15) is 23.7 Å². The molecule has 1 rings (SSSR count). The van der Waals surface area contributed by atoms with Crippen LogP contribution in [-0.4, -0.2) is 36.7 Å². The van der Waals surface area contributed by atoms with Gasteiger partial charge in [-0.2, -0.15) is 13.5 Å². The Balaban J connectivity index is 2.82. The van der Waals surface area contributed by atoms with Gasteiger partial charge in [-0.25, -0.2) is 4.79 Å². The Morgan fingerprint density at radius 3 is 2.73 bits per heavy atom. The van der Waals surface area contributed by atoms with Crippen LogP contribution in [0, 0.1) is 10.1 Å². The summed E-state index contributed by atoms with van der Waals surface area (Å²) < 4.78 is 25.6. The molecule has 0 unspecified atom stereocenters. The van der Waals surface area contributed by atoms with Crippen LogP contribution in [0.2, 0.25) is 0 Å². The number of carbonyl (C=O) groups is 1. The maximum atomic E-state index is 12.6. The Hall–Kier alpha value is -2.13. The van der Waals surface area contributed by atoms with Crippen LogP contribution < -0.4 is 0 Å². The molecular weight excluding hydrogens is 218 g/mol. The van der Waals surface area contributed by atoms with Gasteiger partial charge in [0.05, 0.1) is 0 Å². The number of carboxylic acids is 1. The first kappa shape index (κ1) is 10.9. The molecule has 0 aliphatic rings. The van der Waals surface area contributed by atoms with Crippen molar-refractivity contribution in [2.24, 2.45) is 0 Å². The summed E-state index contributed by atoms with van der Waals surface area (Å²) in [5.41, 5.74) is 0. The number of carboxylic acid groups (broad SMARTS) is 1.